The number of likely N-dealkylation sites (tertiary alicyclic amines) is 1. The van der Waals surface area contributed by atoms with Crippen molar-refractivity contribution in [2.45, 2.75) is 32.7 Å². The zero-order valence-electron chi connectivity index (χ0n) is 8.84. The molecule has 1 aliphatic heterocycles. The molecule has 3 nitrogen and oxygen atoms in total. The summed E-state index contributed by atoms with van der Waals surface area (Å²) in [5, 5.41) is 2.73. The van der Waals surface area contributed by atoms with Gasteiger partial charge in [0.15, 0.2) is 0 Å². The highest BCUT2D eigenvalue weighted by molar-refractivity contribution is 5.78. The summed E-state index contributed by atoms with van der Waals surface area (Å²) in [5.41, 5.74) is 0. The molecule has 1 rings (SSSR count). The molecule has 76 valence electrons. The fourth-order valence-corrected chi connectivity index (χ4v) is 1.89. The Morgan fingerprint density at radius 1 is 1.54 bits per heavy atom. The highest BCUT2D eigenvalue weighted by Crippen LogP contribution is 2.18. The highest BCUT2D eigenvalue weighted by atomic mass is 16.1. The summed E-state index contributed by atoms with van der Waals surface area (Å²) in [6, 6.07) is 0.562. The number of rotatable bonds is 2. The van der Waals surface area contributed by atoms with Crippen molar-refractivity contribution in [1.82, 2.24) is 10.2 Å². The van der Waals surface area contributed by atoms with Crippen LogP contribution in [0.15, 0.2) is 0 Å². The Hall–Kier alpha value is -0.570. The number of hydrogen-bond donors (Lipinski definition) is 1. The van der Waals surface area contributed by atoms with Crippen molar-refractivity contribution in [3.63, 3.8) is 0 Å². The minimum Gasteiger partial charge on any atom is -0.359 e. The lowest BCUT2D eigenvalue weighted by atomic mass is 9.96. The van der Waals surface area contributed by atoms with Crippen molar-refractivity contribution < 1.29 is 4.79 Å². The number of carbonyl (C=O) groups is 1. The van der Waals surface area contributed by atoms with Crippen LogP contribution in [-0.4, -0.2) is 37.0 Å². The maximum absolute atomic E-state index is 11.4. The second kappa shape index (κ2) is 4.61. The molecule has 1 atom stereocenters. The van der Waals surface area contributed by atoms with Crippen molar-refractivity contribution in [3.05, 3.63) is 0 Å². The van der Waals surface area contributed by atoms with Gasteiger partial charge in [-0.25, -0.2) is 0 Å². The van der Waals surface area contributed by atoms with Crippen LogP contribution in [0.25, 0.3) is 0 Å². The lowest BCUT2D eigenvalue weighted by Crippen LogP contribution is -2.44. The minimum atomic E-state index is 0.199. The first kappa shape index (κ1) is 10.5. The molecule has 0 aromatic carbocycles. The highest BCUT2D eigenvalue weighted by Gasteiger charge is 2.25. The van der Waals surface area contributed by atoms with E-state index in [0.29, 0.717) is 6.04 Å². The first-order valence-corrected chi connectivity index (χ1v) is 5.10. The summed E-state index contributed by atoms with van der Waals surface area (Å²) >= 11 is 0. The summed E-state index contributed by atoms with van der Waals surface area (Å²) in [6.45, 7) is 6.45. The second-order valence-corrected chi connectivity index (χ2v) is 4.04. The van der Waals surface area contributed by atoms with E-state index in [9.17, 15) is 4.79 Å². The number of piperidine rings is 1. The van der Waals surface area contributed by atoms with Crippen LogP contribution in [0.5, 0.6) is 0 Å². The predicted molar refractivity (Wildman–Crippen MR) is 53.5 cm³/mol. The average molecular weight is 184 g/mol. The van der Waals surface area contributed by atoms with Gasteiger partial charge in [-0.2, -0.15) is 0 Å². The lowest BCUT2D eigenvalue weighted by molar-refractivity contribution is -0.126. The minimum absolute atomic E-state index is 0.199. The first-order chi connectivity index (χ1) is 6.15. The molecule has 1 N–H and O–H groups in total. The standard InChI is InChI=1S/C10H20N2O/c1-8(2)12-6-4-5-9(7-12)10(13)11-3/h8-9H,4-7H2,1-3H3,(H,11,13)/t9-/m1/s1. The number of hydrogen-bond acceptors (Lipinski definition) is 2. The van der Waals surface area contributed by atoms with Crippen LogP contribution in [0.1, 0.15) is 26.7 Å². The van der Waals surface area contributed by atoms with Gasteiger partial charge in [0.05, 0.1) is 5.92 Å². The largest absolute Gasteiger partial charge is 0.359 e. The number of amides is 1. The number of carbonyl (C=O) groups excluding carboxylic acids is 1. The first-order valence-electron chi connectivity index (χ1n) is 5.10. The van der Waals surface area contributed by atoms with Crippen LogP contribution < -0.4 is 5.32 Å². The van der Waals surface area contributed by atoms with Crippen molar-refractivity contribution >= 4 is 5.91 Å². The Morgan fingerprint density at radius 3 is 2.77 bits per heavy atom. The van der Waals surface area contributed by atoms with Gasteiger partial charge in [-0.15, -0.1) is 0 Å². The maximum Gasteiger partial charge on any atom is 0.224 e. The third-order valence-electron chi connectivity index (χ3n) is 2.80. The fourth-order valence-electron chi connectivity index (χ4n) is 1.89. The molecular weight excluding hydrogens is 164 g/mol. The van der Waals surface area contributed by atoms with E-state index in [2.05, 4.69) is 24.1 Å². The second-order valence-electron chi connectivity index (χ2n) is 4.04. The number of nitrogens with zero attached hydrogens (tertiary/aromatic N) is 1. The van der Waals surface area contributed by atoms with Gasteiger partial charge in [-0.3, -0.25) is 4.79 Å². The molecule has 1 fully saturated rings. The molecule has 1 saturated heterocycles. The van der Waals surface area contributed by atoms with Gasteiger partial charge in [0.25, 0.3) is 0 Å². The van der Waals surface area contributed by atoms with E-state index in [-0.39, 0.29) is 11.8 Å². The van der Waals surface area contributed by atoms with Crippen LogP contribution >= 0.6 is 0 Å². The zero-order valence-corrected chi connectivity index (χ0v) is 8.84. The van der Waals surface area contributed by atoms with E-state index in [4.69, 9.17) is 0 Å². The molecule has 1 heterocycles. The fraction of sp³-hybridized carbons (Fsp3) is 0.900. The molecule has 0 radical (unpaired) electrons. The summed E-state index contributed by atoms with van der Waals surface area (Å²) in [7, 11) is 1.72. The van der Waals surface area contributed by atoms with Crippen molar-refractivity contribution in [3.8, 4) is 0 Å². The van der Waals surface area contributed by atoms with E-state index in [0.717, 1.165) is 25.9 Å². The molecule has 0 aromatic heterocycles. The van der Waals surface area contributed by atoms with Crippen LogP contribution in [-0.2, 0) is 4.79 Å². The Balaban J connectivity index is 2.46. The van der Waals surface area contributed by atoms with E-state index in [1.54, 1.807) is 7.05 Å². The summed E-state index contributed by atoms with van der Waals surface area (Å²) in [5.74, 6) is 0.409. The molecule has 0 aromatic rings. The molecule has 13 heavy (non-hydrogen) atoms. The van der Waals surface area contributed by atoms with Crippen LogP contribution in [0.2, 0.25) is 0 Å². The van der Waals surface area contributed by atoms with Gasteiger partial charge in [-0.1, -0.05) is 0 Å². The molecule has 0 unspecified atom stereocenters. The Morgan fingerprint density at radius 2 is 2.23 bits per heavy atom. The topological polar surface area (TPSA) is 32.3 Å². The van der Waals surface area contributed by atoms with Crippen LogP contribution in [0.3, 0.4) is 0 Å². The quantitative estimate of drug-likeness (QED) is 0.690. The monoisotopic (exact) mass is 184 g/mol. The molecule has 1 amide bonds. The van der Waals surface area contributed by atoms with Crippen molar-refractivity contribution in [1.29, 1.82) is 0 Å². The van der Waals surface area contributed by atoms with E-state index in [1.165, 1.54) is 0 Å². The van der Waals surface area contributed by atoms with Gasteiger partial charge >= 0.3 is 0 Å². The molecule has 0 aliphatic carbocycles. The SMILES string of the molecule is CNC(=O)[C@@H]1CCCN(C(C)C)C1. The third kappa shape index (κ3) is 2.69. The third-order valence-corrected chi connectivity index (χ3v) is 2.80. The van der Waals surface area contributed by atoms with Crippen molar-refractivity contribution in [2.75, 3.05) is 20.1 Å². The summed E-state index contributed by atoms with van der Waals surface area (Å²) in [4.78, 5) is 13.8. The summed E-state index contributed by atoms with van der Waals surface area (Å²) in [6.07, 6.45) is 2.19. The van der Waals surface area contributed by atoms with Gasteiger partial charge in [0.1, 0.15) is 0 Å². The Labute approximate surface area is 80.5 Å². The molecule has 3 heteroatoms. The molecule has 0 spiro atoms. The lowest BCUT2D eigenvalue weighted by Gasteiger charge is -2.34. The molecule has 1 aliphatic rings. The predicted octanol–water partition coefficient (Wildman–Crippen LogP) is 0.853. The van der Waals surface area contributed by atoms with Crippen LogP contribution in [0, 0.1) is 5.92 Å². The van der Waals surface area contributed by atoms with Crippen molar-refractivity contribution in [2.24, 2.45) is 5.92 Å². The van der Waals surface area contributed by atoms with Gasteiger partial charge in [0, 0.05) is 19.6 Å². The average Bonchev–Trinajstić information content (AvgIpc) is 2.17. The van der Waals surface area contributed by atoms with Gasteiger partial charge in [0.2, 0.25) is 5.91 Å². The smallest absolute Gasteiger partial charge is 0.224 e. The molecular formula is C10H20N2O. The molecule has 0 bridgehead atoms. The Bertz CT molecular complexity index is 180. The summed E-state index contributed by atoms with van der Waals surface area (Å²) < 4.78 is 0. The number of nitrogens with one attached hydrogen (secondary N) is 1. The zero-order chi connectivity index (χ0) is 9.84. The molecule has 0 saturated carbocycles. The normalized spacial score (nSPS) is 24.8. The van der Waals surface area contributed by atoms with Crippen LogP contribution in [0.4, 0.5) is 0 Å². The van der Waals surface area contributed by atoms with E-state index >= 15 is 0 Å². The van der Waals surface area contributed by atoms with E-state index < -0.39 is 0 Å². The van der Waals surface area contributed by atoms with Gasteiger partial charge in [-0.05, 0) is 33.2 Å². The Kier molecular flexibility index (Phi) is 3.72. The maximum atomic E-state index is 11.4. The van der Waals surface area contributed by atoms with E-state index in [1.807, 2.05) is 0 Å². The van der Waals surface area contributed by atoms with Gasteiger partial charge < -0.3 is 10.2 Å².